The van der Waals surface area contributed by atoms with Gasteiger partial charge in [-0.25, -0.2) is 0 Å². The Hall–Kier alpha value is -1.69. The molecule has 3 N–H and O–H groups in total. The Balaban J connectivity index is 3.50. The molecule has 1 heterocycles. The highest BCUT2D eigenvalue weighted by molar-refractivity contribution is 5.48. The number of hydrogen-bond donors (Lipinski definition) is 2. The minimum atomic E-state index is -0.223. The van der Waals surface area contributed by atoms with Crippen LogP contribution in [0.25, 0.3) is 0 Å². The molecule has 0 amide bonds. The van der Waals surface area contributed by atoms with Gasteiger partial charge in [0.25, 0.3) is 0 Å². The monoisotopic (exact) mass is 134 g/mol. The Bertz CT molecular complexity index is 332. The van der Waals surface area contributed by atoms with E-state index in [2.05, 4.69) is 10.9 Å². The average molecular weight is 134 g/mol. The summed E-state index contributed by atoms with van der Waals surface area (Å²) in [5, 5.41) is 0. The van der Waals surface area contributed by atoms with Gasteiger partial charge in [0.2, 0.25) is 0 Å². The SMILES string of the molecule is C#Cc1c(N)[nH]ccc1=O. The van der Waals surface area contributed by atoms with Crippen molar-refractivity contribution in [1.29, 1.82) is 0 Å². The summed E-state index contributed by atoms with van der Waals surface area (Å²) in [7, 11) is 0. The summed E-state index contributed by atoms with van der Waals surface area (Å²) >= 11 is 0. The largest absolute Gasteiger partial charge is 0.384 e. The molecule has 0 aromatic carbocycles. The molecule has 0 bridgehead atoms. The first kappa shape index (κ1) is 6.43. The second-order valence-electron chi connectivity index (χ2n) is 1.77. The second kappa shape index (κ2) is 2.28. The third-order valence-electron chi connectivity index (χ3n) is 1.13. The van der Waals surface area contributed by atoms with E-state index in [0.29, 0.717) is 0 Å². The van der Waals surface area contributed by atoms with E-state index in [0.717, 1.165) is 0 Å². The molecule has 0 spiro atoms. The number of nitrogens with one attached hydrogen (secondary N) is 1. The van der Waals surface area contributed by atoms with Gasteiger partial charge in [0.15, 0.2) is 5.43 Å². The molecule has 50 valence electrons. The van der Waals surface area contributed by atoms with Crippen LogP contribution in [-0.2, 0) is 0 Å². The fourth-order valence-electron chi connectivity index (χ4n) is 0.644. The van der Waals surface area contributed by atoms with Crippen molar-refractivity contribution < 1.29 is 0 Å². The van der Waals surface area contributed by atoms with Crippen LogP contribution in [-0.4, -0.2) is 4.98 Å². The first-order chi connectivity index (χ1) is 4.75. The molecule has 1 rings (SSSR count). The van der Waals surface area contributed by atoms with E-state index in [1.54, 1.807) is 0 Å². The zero-order valence-electron chi connectivity index (χ0n) is 5.22. The summed E-state index contributed by atoms with van der Waals surface area (Å²) in [6, 6.07) is 1.34. The number of H-pyrrole nitrogens is 1. The smallest absolute Gasteiger partial charge is 0.199 e. The van der Waals surface area contributed by atoms with Gasteiger partial charge >= 0.3 is 0 Å². The number of aromatic amines is 1. The average Bonchev–Trinajstić information content (AvgIpc) is 1.88. The van der Waals surface area contributed by atoms with Gasteiger partial charge in [0.1, 0.15) is 11.4 Å². The number of nitrogen functional groups attached to an aromatic ring is 1. The van der Waals surface area contributed by atoms with E-state index in [1.165, 1.54) is 12.3 Å². The molecule has 0 aliphatic carbocycles. The maximum Gasteiger partial charge on any atom is 0.199 e. The molecular formula is C7H6N2O. The van der Waals surface area contributed by atoms with Gasteiger partial charge in [-0.2, -0.15) is 0 Å². The zero-order valence-corrected chi connectivity index (χ0v) is 5.22. The van der Waals surface area contributed by atoms with Crippen LogP contribution in [0.4, 0.5) is 5.82 Å². The topological polar surface area (TPSA) is 58.9 Å². The second-order valence-corrected chi connectivity index (χ2v) is 1.77. The van der Waals surface area contributed by atoms with Gasteiger partial charge < -0.3 is 10.7 Å². The lowest BCUT2D eigenvalue weighted by Crippen LogP contribution is -2.08. The van der Waals surface area contributed by atoms with Crippen LogP contribution in [0.2, 0.25) is 0 Å². The Labute approximate surface area is 57.9 Å². The van der Waals surface area contributed by atoms with E-state index in [9.17, 15) is 4.79 Å². The van der Waals surface area contributed by atoms with Crippen molar-refractivity contribution in [3.8, 4) is 12.3 Å². The summed E-state index contributed by atoms with van der Waals surface area (Å²) in [5.41, 5.74) is 5.31. The predicted octanol–water partition coefficient (Wildman–Crippen LogP) is -0.0616. The standard InChI is InChI=1S/C7H6N2O/c1-2-5-6(10)3-4-9-7(5)8/h1,3-4H,(H3,8,9,10). The highest BCUT2D eigenvalue weighted by Crippen LogP contribution is 1.96. The zero-order chi connectivity index (χ0) is 7.56. The van der Waals surface area contributed by atoms with Crippen molar-refractivity contribution in [2.45, 2.75) is 0 Å². The Morgan fingerprint density at radius 1 is 1.70 bits per heavy atom. The van der Waals surface area contributed by atoms with Crippen molar-refractivity contribution in [3.63, 3.8) is 0 Å². The normalized spacial score (nSPS) is 8.70. The number of hydrogen-bond acceptors (Lipinski definition) is 2. The molecule has 1 aromatic heterocycles. The third-order valence-corrected chi connectivity index (χ3v) is 1.13. The molecule has 0 atom stereocenters. The maximum atomic E-state index is 10.8. The van der Waals surface area contributed by atoms with Gasteiger partial charge in [-0.05, 0) is 0 Å². The molecule has 3 nitrogen and oxygen atoms in total. The molecule has 1 aromatic rings. The summed E-state index contributed by atoms with van der Waals surface area (Å²) in [6.07, 6.45) is 6.46. The maximum absolute atomic E-state index is 10.8. The van der Waals surface area contributed by atoms with Crippen molar-refractivity contribution in [3.05, 3.63) is 28.0 Å². The van der Waals surface area contributed by atoms with Crippen molar-refractivity contribution in [2.24, 2.45) is 0 Å². The van der Waals surface area contributed by atoms with Crippen LogP contribution in [0.15, 0.2) is 17.1 Å². The van der Waals surface area contributed by atoms with Gasteiger partial charge in [0, 0.05) is 12.3 Å². The number of nitrogens with two attached hydrogens (primary N) is 1. The Kier molecular flexibility index (Phi) is 1.46. The Morgan fingerprint density at radius 2 is 2.40 bits per heavy atom. The fourth-order valence-corrected chi connectivity index (χ4v) is 0.644. The minimum absolute atomic E-state index is 0.197. The molecule has 0 radical (unpaired) electrons. The van der Waals surface area contributed by atoms with E-state index in [-0.39, 0.29) is 16.8 Å². The highest BCUT2D eigenvalue weighted by atomic mass is 16.1. The number of rotatable bonds is 0. The molecule has 0 aliphatic rings. The summed E-state index contributed by atoms with van der Waals surface area (Å²) in [5.74, 6) is 2.44. The quantitative estimate of drug-likeness (QED) is 0.488. The van der Waals surface area contributed by atoms with Gasteiger partial charge in [0.05, 0.1) is 0 Å². The van der Waals surface area contributed by atoms with Crippen molar-refractivity contribution in [2.75, 3.05) is 5.73 Å². The molecule has 0 saturated heterocycles. The van der Waals surface area contributed by atoms with E-state index in [4.69, 9.17) is 12.2 Å². The number of pyridine rings is 1. The summed E-state index contributed by atoms with van der Waals surface area (Å²) in [6.45, 7) is 0. The van der Waals surface area contributed by atoms with E-state index >= 15 is 0 Å². The lowest BCUT2D eigenvalue weighted by molar-refractivity contribution is 1.30. The van der Waals surface area contributed by atoms with Crippen LogP contribution >= 0.6 is 0 Å². The summed E-state index contributed by atoms with van der Waals surface area (Å²) < 4.78 is 0. The molecule has 0 unspecified atom stereocenters. The predicted molar refractivity (Wildman–Crippen MR) is 39.4 cm³/mol. The van der Waals surface area contributed by atoms with Crippen LogP contribution < -0.4 is 11.2 Å². The van der Waals surface area contributed by atoms with Gasteiger partial charge in [-0.15, -0.1) is 6.42 Å². The number of aromatic nitrogens is 1. The first-order valence-electron chi connectivity index (χ1n) is 2.69. The molecule has 0 aliphatic heterocycles. The molecular weight excluding hydrogens is 128 g/mol. The lowest BCUT2D eigenvalue weighted by atomic mass is 10.2. The van der Waals surface area contributed by atoms with E-state index in [1.807, 2.05) is 0 Å². The third kappa shape index (κ3) is 0.869. The van der Waals surface area contributed by atoms with Gasteiger partial charge in [-0.3, -0.25) is 4.79 Å². The number of anilines is 1. The highest BCUT2D eigenvalue weighted by Gasteiger charge is 1.97. The fraction of sp³-hybridized carbons (Fsp3) is 0. The van der Waals surface area contributed by atoms with E-state index < -0.39 is 0 Å². The van der Waals surface area contributed by atoms with Crippen molar-refractivity contribution in [1.82, 2.24) is 4.98 Å². The summed E-state index contributed by atoms with van der Waals surface area (Å²) in [4.78, 5) is 13.5. The van der Waals surface area contributed by atoms with Gasteiger partial charge in [-0.1, -0.05) is 5.92 Å². The van der Waals surface area contributed by atoms with Crippen LogP contribution in [0.5, 0.6) is 0 Å². The first-order valence-corrected chi connectivity index (χ1v) is 2.69. The molecule has 10 heavy (non-hydrogen) atoms. The minimum Gasteiger partial charge on any atom is -0.384 e. The molecule has 3 heteroatoms. The van der Waals surface area contributed by atoms with Crippen LogP contribution in [0.1, 0.15) is 5.56 Å². The number of terminal acetylenes is 1. The van der Waals surface area contributed by atoms with Crippen LogP contribution in [0.3, 0.4) is 0 Å². The lowest BCUT2D eigenvalue weighted by Gasteiger charge is -1.93. The van der Waals surface area contributed by atoms with Crippen molar-refractivity contribution >= 4 is 5.82 Å². The molecule has 0 fully saturated rings. The molecule has 0 saturated carbocycles. The van der Waals surface area contributed by atoms with Crippen LogP contribution in [0, 0.1) is 12.3 Å². The Morgan fingerprint density at radius 3 is 2.80 bits per heavy atom.